The highest BCUT2D eigenvalue weighted by molar-refractivity contribution is 7.89. The molecule has 0 bridgehead atoms. The van der Waals surface area contributed by atoms with Gasteiger partial charge in [0.25, 0.3) is 0 Å². The van der Waals surface area contributed by atoms with Crippen LogP contribution < -0.4 is 15.4 Å². The molecule has 0 aromatic heterocycles. The van der Waals surface area contributed by atoms with Crippen molar-refractivity contribution in [3.63, 3.8) is 0 Å². The predicted molar refractivity (Wildman–Crippen MR) is 121 cm³/mol. The minimum absolute atomic E-state index is 0.0683. The summed E-state index contributed by atoms with van der Waals surface area (Å²) in [7, 11) is -2.20. The van der Waals surface area contributed by atoms with E-state index in [0.29, 0.717) is 43.1 Å². The van der Waals surface area contributed by atoms with Crippen molar-refractivity contribution in [3.05, 3.63) is 59.1 Å². The summed E-state index contributed by atoms with van der Waals surface area (Å²) in [5.41, 5.74) is 0.987. The van der Waals surface area contributed by atoms with Gasteiger partial charge in [-0.25, -0.2) is 8.42 Å². The normalized spacial score (nSPS) is 16.5. The molecule has 1 fully saturated rings. The van der Waals surface area contributed by atoms with Crippen molar-refractivity contribution in [1.29, 1.82) is 0 Å². The SMILES string of the molecule is COc1ccc(S(=O)(=O)N2CCCC2CNC(=O)C(=O)NCCc2ccc(Cl)cc2)cc1. The molecule has 10 heteroatoms. The summed E-state index contributed by atoms with van der Waals surface area (Å²) in [4.78, 5) is 24.4. The molecule has 1 unspecified atom stereocenters. The van der Waals surface area contributed by atoms with Gasteiger partial charge in [0, 0.05) is 30.7 Å². The van der Waals surface area contributed by atoms with Gasteiger partial charge in [-0.1, -0.05) is 23.7 Å². The van der Waals surface area contributed by atoms with Crippen LogP contribution in [0.5, 0.6) is 5.75 Å². The lowest BCUT2D eigenvalue weighted by Crippen LogP contribution is -2.47. The number of methoxy groups -OCH3 is 1. The second-order valence-corrected chi connectivity index (χ2v) is 9.76. The minimum Gasteiger partial charge on any atom is -0.497 e. The molecular formula is C22H26ClN3O5S. The van der Waals surface area contributed by atoms with Gasteiger partial charge in [-0.2, -0.15) is 4.31 Å². The molecule has 2 amide bonds. The van der Waals surface area contributed by atoms with Gasteiger partial charge in [-0.15, -0.1) is 0 Å². The third-order valence-electron chi connectivity index (χ3n) is 5.31. The lowest BCUT2D eigenvalue weighted by molar-refractivity contribution is -0.139. The zero-order valence-electron chi connectivity index (χ0n) is 17.7. The highest BCUT2D eigenvalue weighted by atomic mass is 35.5. The van der Waals surface area contributed by atoms with E-state index in [2.05, 4.69) is 10.6 Å². The molecule has 3 rings (SSSR count). The van der Waals surface area contributed by atoms with E-state index in [0.717, 1.165) is 5.56 Å². The fraction of sp³-hybridized carbons (Fsp3) is 0.364. The first-order valence-corrected chi connectivity index (χ1v) is 12.1. The van der Waals surface area contributed by atoms with E-state index >= 15 is 0 Å². The van der Waals surface area contributed by atoms with Crippen LogP contribution >= 0.6 is 11.6 Å². The van der Waals surface area contributed by atoms with E-state index in [1.54, 1.807) is 24.3 Å². The van der Waals surface area contributed by atoms with Crippen molar-refractivity contribution < 1.29 is 22.7 Å². The molecular weight excluding hydrogens is 454 g/mol. The number of carbonyl (C=O) groups excluding carboxylic acids is 2. The molecule has 1 aliphatic rings. The van der Waals surface area contributed by atoms with Gasteiger partial charge in [-0.05, 0) is 61.2 Å². The van der Waals surface area contributed by atoms with Gasteiger partial charge < -0.3 is 15.4 Å². The highest BCUT2D eigenvalue weighted by Gasteiger charge is 2.35. The number of carbonyl (C=O) groups is 2. The fourth-order valence-electron chi connectivity index (χ4n) is 3.56. The fourth-order valence-corrected chi connectivity index (χ4v) is 5.37. The third kappa shape index (κ3) is 5.99. The molecule has 1 saturated heterocycles. The molecule has 1 aliphatic heterocycles. The van der Waals surface area contributed by atoms with E-state index in [1.807, 2.05) is 12.1 Å². The molecule has 1 heterocycles. The number of rotatable bonds is 8. The Morgan fingerprint density at radius 2 is 1.72 bits per heavy atom. The topological polar surface area (TPSA) is 105 Å². The standard InChI is InChI=1S/C22H26ClN3O5S/c1-31-19-8-10-20(11-9-19)32(29,30)26-14-2-3-18(26)15-25-22(28)21(27)24-13-12-16-4-6-17(23)7-5-16/h4-11,18H,2-3,12-15H2,1H3,(H,24,27)(H,25,28). The Labute approximate surface area is 192 Å². The lowest BCUT2D eigenvalue weighted by Gasteiger charge is -2.24. The van der Waals surface area contributed by atoms with Crippen molar-refractivity contribution >= 4 is 33.4 Å². The van der Waals surface area contributed by atoms with Gasteiger partial charge in [0.05, 0.1) is 12.0 Å². The average molecular weight is 480 g/mol. The second-order valence-electron chi connectivity index (χ2n) is 7.43. The number of nitrogens with one attached hydrogen (secondary N) is 2. The maximum atomic E-state index is 13.0. The van der Waals surface area contributed by atoms with E-state index in [9.17, 15) is 18.0 Å². The molecule has 2 N–H and O–H groups in total. The third-order valence-corrected chi connectivity index (χ3v) is 7.52. The number of nitrogens with zero attached hydrogens (tertiary/aromatic N) is 1. The molecule has 32 heavy (non-hydrogen) atoms. The van der Waals surface area contributed by atoms with Crippen molar-refractivity contribution in [3.8, 4) is 5.75 Å². The Balaban J connectivity index is 1.50. The molecule has 2 aromatic rings. The number of ether oxygens (including phenoxy) is 1. The number of hydrogen-bond donors (Lipinski definition) is 2. The van der Waals surface area contributed by atoms with Crippen molar-refractivity contribution in [2.24, 2.45) is 0 Å². The quantitative estimate of drug-likeness (QED) is 0.563. The Morgan fingerprint density at radius 1 is 1.06 bits per heavy atom. The van der Waals surface area contributed by atoms with Crippen LogP contribution in [-0.2, 0) is 26.0 Å². The Hall–Kier alpha value is -2.62. The summed E-state index contributed by atoms with van der Waals surface area (Å²) in [6.07, 6.45) is 1.85. The largest absolute Gasteiger partial charge is 0.497 e. The highest BCUT2D eigenvalue weighted by Crippen LogP contribution is 2.26. The molecule has 0 radical (unpaired) electrons. The molecule has 172 valence electrons. The maximum absolute atomic E-state index is 13.0. The first-order valence-electron chi connectivity index (χ1n) is 10.3. The average Bonchev–Trinajstić information content (AvgIpc) is 3.28. The van der Waals surface area contributed by atoms with Crippen LogP contribution in [0.4, 0.5) is 0 Å². The van der Waals surface area contributed by atoms with Crippen LogP contribution in [0.1, 0.15) is 18.4 Å². The minimum atomic E-state index is -3.71. The predicted octanol–water partition coefficient (Wildman–Crippen LogP) is 1.98. The first kappa shape index (κ1) is 24.0. The second kappa shape index (κ2) is 10.8. The van der Waals surface area contributed by atoms with E-state index in [-0.39, 0.29) is 11.4 Å². The van der Waals surface area contributed by atoms with Gasteiger partial charge in [0.2, 0.25) is 10.0 Å². The zero-order valence-corrected chi connectivity index (χ0v) is 19.3. The van der Waals surface area contributed by atoms with Gasteiger partial charge in [0.15, 0.2) is 0 Å². The molecule has 1 atom stereocenters. The van der Waals surface area contributed by atoms with Crippen molar-refractivity contribution in [1.82, 2.24) is 14.9 Å². The molecule has 0 saturated carbocycles. The van der Waals surface area contributed by atoms with Crippen molar-refractivity contribution in [2.45, 2.75) is 30.2 Å². The summed E-state index contributed by atoms with van der Waals surface area (Å²) in [5, 5.41) is 5.76. The molecule has 0 spiro atoms. The monoisotopic (exact) mass is 479 g/mol. The van der Waals surface area contributed by atoms with Gasteiger partial charge in [0.1, 0.15) is 5.75 Å². The smallest absolute Gasteiger partial charge is 0.309 e. The van der Waals surface area contributed by atoms with Gasteiger partial charge >= 0.3 is 11.8 Å². The molecule has 0 aliphatic carbocycles. The Bertz CT molecular complexity index is 1040. The van der Waals surface area contributed by atoms with E-state index < -0.39 is 27.9 Å². The number of benzene rings is 2. The Morgan fingerprint density at radius 3 is 2.38 bits per heavy atom. The zero-order chi connectivity index (χ0) is 23.1. The van der Waals surface area contributed by atoms with E-state index in [4.69, 9.17) is 16.3 Å². The summed E-state index contributed by atoms with van der Waals surface area (Å²) in [6, 6.07) is 13.0. The Kier molecular flexibility index (Phi) is 8.11. The summed E-state index contributed by atoms with van der Waals surface area (Å²) < 4.78 is 32.5. The first-order chi connectivity index (χ1) is 15.3. The summed E-state index contributed by atoms with van der Waals surface area (Å²) >= 11 is 5.84. The lowest BCUT2D eigenvalue weighted by atomic mass is 10.1. The van der Waals surface area contributed by atoms with Crippen LogP contribution in [0.25, 0.3) is 0 Å². The molecule has 8 nitrogen and oxygen atoms in total. The summed E-state index contributed by atoms with van der Waals surface area (Å²) in [6.45, 7) is 0.732. The number of amides is 2. The van der Waals surface area contributed by atoms with E-state index in [1.165, 1.54) is 23.5 Å². The van der Waals surface area contributed by atoms with Gasteiger partial charge in [-0.3, -0.25) is 9.59 Å². The van der Waals surface area contributed by atoms with Crippen LogP contribution in [0.3, 0.4) is 0 Å². The van der Waals surface area contributed by atoms with Crippen LogP contribution in [-0.4, -0.2) is 57.3 Å². The van der Waals surface area contributed by atoms with Crippen molar-refractivity contribution in [2.75, 3.05) is 26.7 Å². The maximum Gasteiger partial charge on any atom is 0.309 e. The number of halogens is 1. The van der Waals surface area contributed by atoms with Crippen LogP contribution in [0.2, 0.25) is 5.02 Å². The summed E-state index contributed by atoms with van der Waals surface area (Å²) in [5.74, 6) is -0.965. The number of sulfonamides is 1. The number of hydrogen-bond acceptors (Lipinski definition) is 5. The molecule has 2 aromatic carbocycles. The van der Waals surface area contributed by atoms with Crippen LogP contribution in [0, 0.1) is 0 Å². The van der Waals surface area contributed by atoms with Crippen LogP contribution in [0.15, 0.2) is 53.4 Å².